The number of Topliss-reactive ketones (excluding diaryl/α,β-unsaturated/α-hetero) is 1. The topological polar surface area (TPSA) is 40.9 Å². The molecule has 0 radical (unpaired) electrons. The molecule has 84 valence electrons. The van der Waals surface area contributed by atoms with Gasteiger partial charge < -0.3 is 0 Å². The van der Waals surface area contributed by atoms with E-state index >= 15 is 0 Å². The molecule has 0 saturated heterocycles. The minimum absolute atomic E-state index is 0.0806. The number of nitriles is 1. The van der Waals surface area contributed by atoms with Crippen LogP contribution in [0, 0.1) is 29.1 Å². The SMILES string of the molecule is CCC(C#N)C1CCCCCC1C(C)=O. The molecule has 0 bridgehead atoms. The summed E-state index contributed by atoms with van der Waals surface area (Å²) < 4.78 is 0. The fraction of sp³-hybridized carbons (Fsp3) is 0.846. The second kappa shape index (κ2) is 5.90. The fourth-order valence-electron chi connectivity index (χ4n) is 2.81. The van der Waals surface area contributed by atoms with E-state index in [2.05, 4.69) is 13.0 Å². The van der Waals surface area contributed by atoms with Crippen LogP contribution in [0.4, 0.5) is 0 Å². The second-order valence-electron chi connectivity index (χ2n) is 4.66. The average Bonchev–Trinajstić information content (AvgIpc) is 2.45. The first-order valence-corrected chi connectivity index (χ1v) is 6.10. The lowest BCUT2D eigenvalue weighted by Gasteiger charge is -2.26. The molecule has 3 atom stereocenters. The van der Waals surface area contributed by atoms with Crippen molar-refractivity contribution in [2.75, 3.05) is 0 Å². The van der Waals surface area contributed by atoms with Gasteiger partial charge in [0.1, 0.15) is 5.78 Å². The molecule has 1 saturated carbocycles. The van der Waals surface area contributed by atoms with Crippen LogP contribution < -0.4 is 0 Å². The lowest BCUT2D eigenvalue weighted by Crippen LogP contribution is -2.26. The smallest absolute Gasteiger partial charge is 0.133 e. The molecule has 0 spiro atoms. The van der Waals surface area contributed by atoms with Gasteiger partial charge in [0.25, 0.3) is 0 Å². The summed E-state index contributed by atoms with van der Waals surface area (Å²) in [5, 5.41) is 9.11. The Balaban J connectivity index is 2.78. The predicted octanol–water partition coefficient (Wildman–Crippen LogP) is 3.32. The summed E-state index contributed by atoms with van der Waals surface area (Å²) in [4.78, 5) is 11.6. The highest BCUT2D eigenvalue weighted by molar-refractivity contribution is 5.78. The highest BCUT2D eigenvalue weighted by Crippen LogP contribution is 2.35. The molecule has 2 nitrogen and oxygen atoms in total. The molecule has 0 heterocycles. The van der Waals surface area contributed by atoms with Crippen LogP contribution in [0.15, 0.2) is 0 Å². The van der Waals surface area contributed by atoms with E-state index in [4.69, 9.17) is 5.26 Å². The summed E-state index contributed by atoms with van der Waals surface area (Å²) >= 11 is 0. The second-order valence-corrected chi connectivity index (χ2v) is 4.66. The molecule has 1 fully saturated rings. The average molecular weight is 207 g/mol. The lowest BCUT2D eigenvalue weighted by atomic mass is 9.76. The molecule has 0 aromatic heterocycles. The van der Waals surface area contributed by atoms with Crippen molar-refractivity contribution in [3.05, 3.63) is 0 Å². The molecule has 1 aliphatic rings. The molecule has 2 heteroatoms. The van der Waals surface area contributed by atoms with Crippen molar-refractivity contribution in [1.82, 2.24) is 0 Å². The van der Waals surface area contributed by atoms with Gasteiger partial charge in [0.05, 0.1) is 6.07 Å². The van der Waals surface area contributed by atoms with E-state index in [1.54, 1.807) is 6.92 Å². The number of hydrogen-bond acceptors (Lipinski definition) is 2. The van der Waals surface area contributed by atoms with Crippen molar-refractivity contribution >= 4 is 5.78 Å². The molecule has 0 aromatic carbocycles. The van der Waals surface area contributed by atoms with E-state index in [1.165, 1.54) is 12.8 Å². The van der Waals surface area contributed by atoms with Crippen molar-refractivity contribution in [2.45, 2.75) is 52.4 Å². The quantitative estimate of drug-likeness (QED) is 0.666. The van der Waals surface area contributed by atoms with E-state index in [1.807, 2.05) is 0 Å². The van der Waals surface area contributed by atoms with Crippen LogP contribution in [0.1, 0.15) is 52.4 Å². The van der Waals surface area contributed by atoms with E-state index in [0.717, 1.165) is 25.7 Å². The number of rotatable bonds is 3. The molecule has 0 amide bonds. The summed E-state index contributed by atoms with van der Waals surface area (Å²) in [6, 6.07) is 2.38. The zero-order valence-corrected chi connectivity index (χ0v) is 9.83. The summed E-state index contributed by atoms with van der Waals surface area (Å²) in [5.41, 5.74) is 0. The molecular weight excluding hydrogens is 186 g/mol. The highest BCUT2D eigenvalue weighted by Gasteiger charge is 2.32. The Hall–Kier alpha value is -0.840. The minimum atomic E-state index is 0.0806. The van der Waals surface area contributed by atoms with Crippen molar-refractivity contribution < 1.29 is 4.79 Å². The van der Waals surface area contributed by atoms with Gasteiger partial charge in [-0.2, -0.15) is 5.26 Å². The summed E-state index contributed by atoms with van der Waals surface area (Å²) in [5.74, 6) is 0.838. The van der Waals surface area contributed by atoms with Crippen LogP contribution in [0.25, 0.3) is 0 Å². The zero-order valence-electron chi connectivity index (χ0n) is 9.83. The van der Waals surface area contributed by atoms with Gasteiger partial charge in [0.15, 0.2) is 0 Å². The zero-order chi connectivity index (χ0) is 11.3. The maximum Gasteiger partial charge on any atom is 0.133 e. The molecule has 1 aliphatic carbocycles. The van der Waals surface area contributed by atoms with E-state index in [9.17, 15) is 4.79 Å². The first-order chi connectivity index (χ1) is 7.20. The summed E-state index contributed by atoms with van der Waals surface area (Å²) in [7, 11) is 0. The Bertz CT molecular complexity index is 254. The lowest BCUT2D eigenvalue weighted by molar-refractivity contribution is -0.123. The standard InChI is InChI=1S/C13H21NO/c1-3-11(9-14)13-8-6-4-5-7-12(13)10(2)15/h11-13H,3-8H2,1-2H3. The predicted molar refractivity (Wildman–Crippen MR) is 60.1 cm³/mol. The van der Waals surface area contributed by atoms with Crippen LogP contribution in [-0.2, 0) is 4.79 Å². The van der Waals surface area contributed by atoms with Crippen molar-refractivity contribution in [3.8, 4) is 6.07 Å². The summed E-state index contributed by atoms with van der Waals surface area (Å²) in [6.07, 6.45) is 6.51. The van der Waals surface area contributed by atoms with Gasteiger partial charge in [-0.15, -0.1) is 0 Å². The van der Waals surface area contributed by atoms with E-state index < -0.39 is 0 Å². The molecule has 3 unspecified atom stereocenters. The van der Waals surface area contributed by atoms with E-state index in [0.29, 0.717) is 5.92 Å². The van der Waals surface area contributed by atoms with Crippen LogP contribution in [0.5, 0.6) is 0 Å². The third-order valence-electron chi connectivity index (χ3n) is 3.71. The first kappa shape index (κ1) is 12.2. The number of hydrogen-bond donors (Lipinski definition) is 0. The molecule has 15 heavy (non-hydrogen) atoms. The molecule has 0 N–H and O–H groups in total. The van der Waals surface area contributed by atoms with Gasteiger partial charge in [0, 0.05) is 11.8 Å². The number of ketones is 1. The molecular formula is C13H21NO. The van der Waals surface area contributed by atoms with Crippen LogP contribution >= 0.6 is 0 Å². The Labute approximate surface area is 92.7 Å². The maximum atomic E-state index is 11.6. The normalized spacial score (nSPS) is 28.9. The molecule has 1 rings (SSSR count). The monoisotopic (exact) mass is 207 g/mol. The minimum Gasteiger partial charge on any atom is -0.300 e. The number of carbonyl (C=O) groups excluding carboxylic acids is 1. The third-order valence-corrected chi connectivity index (χ3v) is 3.71. The Morgan fingerprint density at radius 2 is 2.07 bits per heavy atom. The third kappa shape index (κ3) is 3.06. The molecule has 0 aromatic rings. The highest BCUT2D eigenvalue weighted by atomic mass is 16.1. The Morgan fingerprint density at radius 3 is 2.60 bits per heavy atom. The van der Waals surface area contributed by atoms with Gasteiger partial charge in [0.2, 0.25) is 0 Å². The van der Waals surface area contributed by atoms with Crippen LogP contribution in [0.3, 0.4) is 0 Å². The van der Waals surface area contributed by atoms with Crippen LogP contribution in [0.2, 0.25) is 0 Å². The summed E-state index contributed by atoms with van der Waals surface area (Å²) in [6.45, 7) is 3.74. The Kier molecular flexibility index (Phi) is 4.81. The first-order valence-electron chi connectivity index (χ1n) is 6.10. The van der Waals surface area contributed by atoms with Gasteiger partial charge >= 0.3 is 0 Å². The van der Waals surface area contributed by atoms with Gasteiger partial charge in [-0.25, -0.2) is 0 Å². The van der Waals surface area contributed by atoms with Crippen molar-refractivity contribution in [2.24, 2.45) is 17.8 Å². The van der Waals surface area contributed by atoms with Gasteiger partial charge in [-0.3, -0.25) is 4.79 Å². The maximum absolute atomic E-state index is 11.6. The van der Waals surface area contributed by atoms with Gasteiger partial charge in [-0.1, -0.05) is 26.2 Å². The number of nitrogens with zero attached hydrogens (tertiary/aromatic N) is 1. The van der Waals surface area contributed by atoms with Gasteiger partial charge in [-0.05, 0) is 32.1 Å². The fourth-order valence-corrected chi connectivity index (χ4v) is 2.81. The van der Waals surface area contributed by atoms with Crippen molar-refractivity contribution in [1.29, 1.82) is 5.26 Å². The van der Waals surface area contributed by atoms with Crippen molar-refractivity contribution in [3.63, 3.8) is 0 Å². The van der Waals surface area contributed by atoms with Crippen LogP contribution in [-0.4, -0.2) is 5.78 Å². The largest absolute Gasteiger partial charge is 0.300 e. The Morgan fingerprint density at radius 1 is 1.40 bits per heavy atom. The molecule has 0 aliphatic heterocycles. The van der Waals surface area contributed by atoms with E-state index in [-0.39, 0.29) is 17.6 Å². The number of carbonyl (C=O) groups is 1.